The molecule has 0 saturated carbocycles. The molecule has 1 atom stereocenters. The van der Waals surface area contributed by atoms with Gasteiger partial charge < -0.3 is 10.2 Å². The number of nitrogens with zero attached hydrogens (tertiary/aromatic N) is 2. The standard InChI is InChI=1S/C29H35N3O3S/c1-8-32-24-12-18(3)21(13-22(24)20(5)15-29(32,6)7)14-25-27(34)31(28(35)36-25)16-26(33)30-23-10-9-17(2)11-19(23)4/h9-14,20H,8,15-16H2,1-7H3,(H,30,33)/b25-14-/t20-/m1/s1. The van der Waals surface area contributed by atoms with E-state index in [9.17, 15) is 14.4 Å². The summed E-state index contributed by atoms with van der Waals surface area (Å²) in [5.41, 5.74) is 7.27. The van der Waals surface area contributed by atoms with Crippen molar-refractivity contribution in [2.24, 2.45) is 0 Å². The SMILES string of the molecule is CCN1c2cc(C)c(/C=C3\SC(=O)N(CC(=O)Nc4ccc(C)cc4C)C3=O)cc2[C@H](C)CC1(C)C. The number of carbonyl (C=O) groups excluding carboxylic acids is 3. The summed E-state index contributed by atoms with van der Waals surface area (Å²) in [7, 11) is 0. The molecule has 3 amide bonds. The van der Waals surface area contributed by atoms with Crippen molar-refractivity contribution < 1.29 is 14.4 Å². The second kappa shape index (κ2) is 9.77. The molecule has 0 unspecified atom stereocenters. The van der Waals surface area contributed by atoms with Gasteiger partial charge >= 0.3 is 0 Å². The predicted molar refractivity (Wildman–Crippen MR) is 149 cm³/mol. The number of hydrogen-bond acceptors (Lipinski definition) is 5. The highest BCUT2D eigenvalue weighted by Gasteiger charge is 2.38. The first-order valence-electron chi connectivity index (χ1n) is 12.5. The van der Waals surface area contributed by atoms with Crippen LogP contribution < -0.4 is 10.2 Å². The second-order valence-electron chi connectivity index (χ2n) is 10.6. The largest absolute Gasteiger partial charge is 0.366 e. The van der Waals surface area contributed by atoms with E-state index in [1.54, 1.807) is 6.08 Å². The van der Waals surface area contributed by atoms with Gasteiger partial charge in [0.05, 0.1) is 4.91 Å². The van der Waals surface area contributed by atoms with E-state index in [0.29, 0.717) is 16.5 Å². The summed E-state index contributed by atoms with van der Waals surface area (Å²) in [6.45, 7) is 15.5. The van der Waals surface area contributed by atoms with E-state index in [1.807, 2.05) is 39.0 Å². The fourth-order valence-electron chi connectivity index (χ4n) is 5.47. The summed E-state index contributed by atoms with van der Waals surface area (Å²) in [6.07, 6.45) is 2.84. The van der Waals surface area contributed by atoms with Crippen LogP contribution in [0.4, 0.5) is 16.2 Å². The lowest BCUT2D eigenvalue weighted by Crippen LogP contribution is -2.48. The third kappa shape index (κ3) is 4.94. The monoisotopic (exact) mass is 505 g/mol. The average molecular weight is 506 g/mol. The van der Waals surface area contributed by atoms with E-state index in [2.05, 4.69) is 50.0 Å². The van der Waals surface area contributed by atoms with Crippen molar-refractivity contribution >= 4 is 46.3 Å². The summed E-state index contributed by atoms with van der Waals surface area (Å²) in [6, 6.07) is 10.1. The molecule has 0 aromatic heterocycles. The van der Waals surface area contributed by atoms with Gasteiger partial charge in [0.15, 0.2) is 0 Å². The number of nitrogens with one attached hydrogen (secondary N) is 1. The normalized spacial score (nSPS) is 20.2. The summed E-state index contributed by atoms with van der Waals surface area (Å²) in [5.74, 6) is -0.441. The molecule has 4 rings (SSSR count). The van der Waals surface area contributed by atoms with Crippen molar-refractivity contribution in [2.75, 3.05) is 23.3 Å². The topological polar surface area (TPSA) is 69.7 Å². The molecule has 2 aromatic carbocycles. The molecule has 2 aromatic rings. The molecule has 6 nitrogen and oxygen atoms in total. The van der Waals surface area contributed by atoms with Gasteiger partial charge in [-0.25, -0.2) is 0 Å². The molecule has 36 heavy (non-hydrogen) atoms. The molecule has 0 bridgehead atoms. The van der Waals surface area contributed by atoms with E-state index in [4.69, 9.17) is 0 Å². The van der Waals surface area contributed by atoms with Gasteiger partial charge in [0.1, 0.15) is 6.54 Å². The van der Waals surface area contributed by atoms with Crippen molar-refractivity contribution in [1.82, 2.24) is 4.90 Å². The van der Waals surface area contributed by atoms with Gasteiger partial charge in [-0.05, 0) is 112 Å². The molecule has 0 aliphatic carbocycles. The molecule has 2 heterocycles. The van der Waals surface area contributed by atoms with Crippen LogP contribution in [0.5, 0.6) is 0 Å². The van der Waals surface area contributed by atoms with Crippen LogP contribution in [-0.4, -0.2) is 40.6 Å². The summed E-state index contributed by atoms with van der Waals surface area (Å²) >= 11 is 0.890. The third-order valence-electron chi connectivity index (χ3n) is 7.21. The van der Waals surface area contributed by atoms with E-state index in [0.717, 1.165) is 51.9 Å². The van der Waals surface area contributed by atoms with Crippen molar-refractivity contribution in [2.45, 2.75) is 66.3 Å². The lowest BCUT2D eigenvalue weighted by atomic mass is 9.79. The van der Waals surface area contributed by atoms with Gasteiger partial charge in [0.25, 0.3) is 11.1 Å². The quantitative estimate of drug-likeness (QED) is 0.476. The molecule has 7 heteroatoms. The number of anilines is 2. The van der Waals surface area contributed by atoms with Crippen LogP contribution in [0, 0.1) is 20.8 Å². The lowest BCUT2D eigenvalue weighted by molar-refractivity contribution is -0.127. The maximum Gasteiger partial charge on any atom is 0.294 e. The molecule has 1 saturated heterocycles. The first-order valence-corrected chi connectivity index (χ1v) is 13.3. The van der Waals surface area contributed by atoms with Crippen molar-refractivity contribution in [3.63, 3.8) is 0 Å². The number of fused-ring (bicyclic) bond motifs is 1. The van der Waals surface area contributed by atoms with Crippen LogP contribution in [-0.2, 0) is 9.59 Å². The molecule has 2 aliphatic heterocycles. The van der Waals surface area contributed by atoms with Gasteiger partial charge in [-0.3, -0.25) is 19.3 Å². The smallest absolute Gasteiger partial charge is 0.294 e. The number of thioether (sulfide) groups is 1. The number of benzene rings is 2. The Kier molecular flexibility index (Phi) is 7.06. The molecule has 2 aliphatic rings. The number of imide groups is 1. The van der Waals surface area contributed by atoms with E-state index < -0.39 is 17.1 Å². The Balaban J connectivity index is 1.55. The zero-order chi connectivity index (χ0) is 26.4. The van der Waals surface area contributed by atoms with E-state index in [-0.39, 0.29) is 12.1 Å². The highest BCUT2D eigenvalue weighted by molar-refractivity contribution is 8.18. The first-order chi connectivity index (χ1) is 16.9. The van der Waals surface area contributed by atoms with Crippen molar-refractivity contribution in [3.05, 3.63) is 63.1 Å². The highest BCUT2D eigenvalue weighted by atomic mass is 32.2. The second-order valence-corrected chi connectivity index (χ2v) is 11.6. The van der Waals surface area contributed by atoms with Crippen LogP contribution in [0.1, 0.15) is 67.9 Å². The molecule has 190 valence electrons. The molecule has 1 N–H and O–H groups in total. The minimum atomic E-state index is -0.428. The summed E-state index contributed by atoms with van der Waals surface area (Å²) in [5, 5.41) is 2.39. The summed E-state index contributed by atoms with van der Waals surface area (Å²) < 4.78 is 0. The highest BCUT2D eigenvalue weighted by Crippen LogP contribution is 2.45. The van der Waals surface area contributed by atoms with Crippen LogP contribution in [0.3, 0.4) is 0 Å². The molecule has 1 fully saturated rings. The van der Waals surface area contributed by atoms with E-state index in [1.165, 1.54) is 11.3 Å². The molecular weight excluding hydrogens is 470 g/mol. The van der Waals surface area contributed by atoms with Gasteiger partial charge in [-0.2, -0.15) is 0 Å². The minimum absolute atomic E-state index is 0.0788. The van der Waals surface area contributed by atoms with Gasteiger partial charge in [0.2, 0.25) is 5.91 Å². The molecule has 0 radical (unpaired) electrons. The number of amides is 3. The number of carbonyl (C=O) groups is 3. The lowest BCUT2D eigenvalue weighted by Gasteiger charge is -2.47. The number of hydrogen-bond donors (Lipinski definition) is 1. The number of aryl methyl sites for hydroxylation is 3. The van der Waals surface area contributed by atoms with Gasteiger partial charge in [0, 0.05) is 23.5 Å². The fraction of sp³-hybridized carbons (Fsp3) is 0.414. The maximum absolute atomic E-state index is 13.1. The third-order valence-corrected chi connectivity index (χ3v) is 8.11. The van der Waals surface area contributed by atoms with Crippen LogP contribution in [0.25, 0.3) is 6.08 Å². The van der Waals surface area contributed by atoms with E-state index >= 15 is 0 Å². The Morgan fingerprint density at radius 1 is 1.14 bits per heavy atom. The van der Waals surface area contributed by atoms with Gasteiger partial charge in [-0.1, -0.05) is 24.6 Å². The van der Waals surface area contributed by atoms with Crippen molar-refractivity contribution in [1.29, 1.82) is 0 Å². The average Bonchev–Trinajstić information content (AvgIpc) is 3.04. The van der Waals surface area contributed by atoms with Gasteiger partial charge in [-0.15, -0.1) is 0 Å². The van der Waals surface area contributed by atoms with Crippen LogP contribution in [0.15, 0.2) is 35.2 Å². The molecular formula is C29H35N3O3S. The number of rotatable bonds is 5. The predicted octanol–water partition coefficient (Wildman–Crippen LogP) is 6.40. The Labute approximate surface area is 218 Å². The fourth-order valence-corrected chi connectivity index (χ4v) is 6.30. The van der Waals surface area contributed by atoms with Crippen molar-refractivity contribution in [3.8, 4) is 0 Å². The van der Waals surface area contributed by atoms with Crippen LogP contribution >= 0.6 is 11.8 Å². The molecule has 0 spiro atoms. The Morgan fingerprint density at radius 3 is 2.53 bits per heavy atom. The Bertz CT molecular complexity index is 1280. The summed E-state index contributed by atoms with van der Waals surface area (Å²) in [4.78, 5) is 42.2. The zero-order valence-electron chi connectivity index (χ0n) is 22.2. The maximum atomic E-state index is 13.1. The Morgan fingerprint density at radius 2 is 1.86 bits per heavy atom. The minimum Gasteiger partial charge on any atom is -0.366 e. The first kappa shape index (κ1) is 26.0. The van der Waals surface area contributed by atoms with Crippen LogP contribution in [0.2, 0.25) is 0 Å². The Hall–Kier alpha value is -3.06. The zero-order valence-corrected chi connectivity index (χ0v) is 23.0.